The summed E-state index contributed by atoms with van der Waals surface area (Å²) in [5.41, 5.74) is 3.78. The topological polar surface area (TPSA) is 104 Å². The number of anilines is 2. The van der Waals surface area contributed by atoms with Crippen molar-refractivity contribution in [3.05, 3.63) is 57.2 Å². The van der Waals surface area contributed by atoms with Crippen molar-refractivity contribution in [2.75, 3.05) is 28.9 Å². The summed E-state index contributed by atoms with van der Waals surface area (Å²) in [6.07, 6.45) is 2.17. The van der Waals surface area contributed by atoms with Gasteiger partial charge in [-0.1, -0.05) is 48.0 Å². The highest BCUT2D eigenvalue weighted by Crippen LogP contribution is 2.42. The number of sulfonamides is 1. The summed E-state index contributed by atoms with van der Waals surface area (Å²) in [5.74, 6) is 0.433. The molecule has 0 aliphatic rings. The van der Waals surface area contributed by atoms with E-state index in [1.54, 1.807) is 30.1 Å². The molecule has 2 aromatic rings. The summed E-state index contributed by atoms with van der Waals surface area (Å²) in [6.45, 7) is 10.2. The Morgan fingerprint density at radius 2 is 1.91 bits per heavy atom. The van der Waals surface area contributed by atoms with Crippen molar-refractivity contribution in [1.29, 1.82) is 0 Å². The molecule has 10 heteroatoms. The number of hydrogen-bond acceptors (Lipinski definition) is 7. The second-order valence-corrected chi connectivity index (χ2v) is 11.1. The Bertz CT molecular complexity index is 1140. The number of nitrogens with one attached hydrogen (secondary N) is 2. The van der Waals surface area contributed by atoms with Crippen molar-refractivity contribution in [2.24, 2.45) is 0 Å². The summed E-state index contributed by atoms with van der Waals surface area (Å²) in [7, 11) is -3.48. The van der Waals surface area contributed by atoms with Crippen LogP contribution in [0.2, 0.25) is 5.02 Å². The summed E-state index contributed by atoms with van der Waals surface area (Å²) in [5, 5.41) is 12.4. The lowest BCUT2D eigenvalue weighted by Gasteiger charge is -2.17. The molecule has 2 rings (SSSR count). The Labute approximate surface area is 205 Å². The smallest absolute Gasteiger partial charge is 0.232 e. The van der Waals surface area contributed by atoms with Crippen molar-refractivity contribution in [1.82, 2.24) is 9.97 Å². The van der Waals surface area contributed by atoms with Gasteiger partial charge in [-0.15, -0.1) is 0 Å². The molecular weight excluding hydrogens is 480 g/mol. The Morgan fingerprint density at radius 1 is 1.18 bits per heavy atom. The molecule has 33 heavy (non-hydrogen) atoms. The van der Waals surface area contributed by atoms with Crippen molar-refractivity contribution < 1.29 is 13.5 Å². The van der Waals surface area contributed by atoms with Crippen LogP contribution in [0.15, 0.2) is 40.9 Å². The van der Waals surface area contributed by atoms with E-state index in [0.717, 1.165) is 15.4 Å². The SMILES string of the molecule is CCCS(=O)(=O)Nc1cccc(/C(C)=C(/SC(C)=C(C)C)c2ccnc(NCCO)n2)c1Cl. The summed E-state index contributed by atoms with van der Waals surface area (Å²) >= 11 is 8.26. The molecule has 0 fully saturated rings. The Morgan fingerprint density at radius 3 is 2.55 bits per heavy atom. The van der Waals surface area contributed by atoms with Crippen LogP contribution in [0.25, 0.3) is 10.5 Å². The van der Waals surface area contributed by atoms with Gasteiger partial charge in [0.1, 0.15) is 0 Å². The number of aliphatic hydroxyl groups excluding tert-OH is 1. The van der Waals surface area contributed by atoms with Crippen LogP contribution >= 0.6 is 23.4 Å². The number of aromatic nitrogens is 2. The predicted molar refractivity (Wildman–Crippen MR) is 141 cm³/mol. The summed E-state index contributed by atoms with van der Waals surface area (Å²) in [4.78, 5) is 10.8. The largest absolute Gasteiger partial charge is 0.395 e. The van der Waals surface area contributed by atoms with E-state index in [9.17, 15) is 8.42 Å². The standard InChI is InChI=1S/C23H31ClN4O3S2/c1-6-14-33(30,31)28-19-9-7-8-18(21(19)24)16(4)22(32-17(5)15(2)3)20-10-11-25-23(27-20)26-12-13-29/h7-11,28-29H,6,12-14H2,1-5H3,(H,25,26,27)/b22-16+. The molecule has 3 N–H and O–H groups in total. The van der Waals surface area contributed by atoms with Gasteiger partial charge in [0.2, 0.25) is 16.0 Å². The van der Waals surface area contributed by atoms with Crippen molar-refractivity contribution in [3.8, 4) is 0 Å². The lowest BCUT2D eigenvalue weighted by atomic mass is 10.1. The van der Waals surface area contributed by atoms with Gasteiger partial charge in [0.15, 0.2) is 0 Å². The lowest BCUT2D eigenvalue weighted by Crippen LogP contribution is -2.16. The molecular formula is C23H31ClN4O3S2. The Kier molecular flexibility index (Phi) is 10.2. The molecule has 0 aliphatic carbocycles. The van der Waals surface area contributed by atoms with Crippen molar-refractivity contribution in [3.63, 3.8) is 0 Å². The number of halogens is 1. The van der Waals surface area contributed by atoms with Gasteiger partial charge in [-0.05, 0) is 62.3 Å². The molecule has 0 saturated carbocycles. The Balaban J connectivity index is 2.63. The summed E-state index contributed by atoms with van der Waals surface area (Å²) in [6, 6.07) is 7.11. The first-order valence-electron chi connectivity index (χ1n) is 10.6. The Hall–Kier alpha value is -2.07. The third-order valence-electron chi connectivity index (χ3n) is 4.72. The van der Waals surface area contributed by atoms with Crippen LogP contribution < -0.4 is 10.0 Å². The maximum Gasteiger partial charge on any atom is 0.232 e. The van der Waals surface area contributed by atoms with Crippen LogP contribution in [-0.2, 0) is 10.0 Å². The van der Waals surface area contributed by atoms with Gasteiger partial charge in [0.25, 0.3) is 0 Å². The van der Waals surface area contributed by atoms with E-state index in [4.69, 9.17) is 16.7 Å². The van der Waals surface area contributed by atoms with Gasteiger partial charge < -0.3 is 10.4 Å². The molecule has 0 amide bonds. The molecule has 0 spiro atoms. The van der Waals surface area contributed by atoms with Crippen LogP contribution in [0.4, 0.5) is 11.6 Å². The van der Waals surface area contributed by atoms with E-state index in [0.29, 0.717) is 40.9 Å². The van der Waals surface area contributed by atoms with Crippen molar-refractivity contribution >= 4 is 55.5 Å². The lowest BCUT2D eigenvalue weighted by molar-refractivity contribution is 0.311. The number of hydrogen-bond donors (Lipinski definition) is 3. The maximum atomic E-state index is 12.3. The summed E-state index contributed by atoms with van der Waals surface area (Å²) < 4.78 is 27.2. The van der Waals surface area contributed by atoms with E-state index < -0.39 is 10.0 Å². The minimum absolute atomic E-state index is 0.0216. The molecule has 7 nitrogen and oxygen atoms in total. The normalized spacial score (nSPS) is 12.2. The van der Waals surface area contributed by atoms with E-state index >= 15 is 0 Å². The fourth-order valence-electron chi connectivity index (χ4n) is 2.82. The second-order valence-electron chi connectivity index (χ2n) is 7.62. The fourth-order valence-corrected chi connectivity index (χ4v) is 5.33. The maximum absolute atomic E-state index is 12.3. The number of aliphatic hydroxyl groups is 1. The first-order valence-corrected chi connectivity index (χ1v) is 13.4. The molecule has 0 bridgehead atoms. The number of benzene rings is 1. The van der Waals surface area contributed by atoms with E-state index in [1.165, 1.54) is 5.57 Å². The average molecular weight is 511 g/mol. The quantitative estimate of drug-likeness (QED) is 0.360. The minimum Gasteiger partial charge on any atom is -0.395 e. The third kappa shape index (κ3) is 7.74. The highest BCUT2D eigenvalue weighted by molar-refractivity contribution is 8.12. The molecule has 0 radical (unpaired) electrons. The second kappa shape index (κ2) is 12.4. The molecule has 1 heterocycles. The van der Waals surface area contributed by atoms with E-state index in [2.05, 4.69) is 20.0 Å². The van der Waals surface area contributed by atoms with E-state index in [-0.39, 0.29) is 12.4 Å². The van der Waals surface area contributed by atoms with Gasteiger partial charge in [0, 0.05) is 17.6 Å². The van der Waals surface area contributed by atoms with Crippen LogP contribution in [0.1, 0.15) is 52.3 Å². The zero-order chi connectivity index (χ0) is 24.6. The average Bonchev–Trinajstić information content (AvgIpc) is 2.76. The highest BCUT2D eigenvalue weighted by atomic mass is 35.5. The highest BCUT2D eigenvalue weighted by Gasteiger charge is 2.18. The third-order valence-corrected chi connectivity index (χ3v) is 8.04. The molecule has 0 atom stereocenters. The van der Waals surface area contributed by atoms with Crippen molar-refractivity contribution in [2.45, 2.75) is 41.0 Å². The zero-order valence-corrected chi connectivity index (χ0v) is 22.0. The number of rotatable bonds is 11. The molecule has 1 aromatic heterocycles. The van der Waals surface area contributed by atoms with Crippen LogP contribution in [0.5, 0.6) is 0 Å². The molecule has 0 aliphatic heterocycles. The number of nitrogens with zero attached hydrogens (tertiary/aromatic N) is 2. The molecule has 0 unspecified atom stereocenters. The van der Waals surface area contributed by atoms with Crippen LogP contribution in [-0.4, -0.2) is 42.4 Å². The number of thioether (sulfide) groups is 1. The first-order chi connectivity index (χ1) is 15.6. The predicted octanol–water partition coefficient (Wildman–Crippen LogP) is 5.62. The molecule has 180 valence electrons. The first kappa shape index (κ1) is 27.2. The van der Waals surface area contributed by atoms with Gasteiger partial charge in [0.05, 0.1) is 28.8 Å². The fraction of sp³-hybridized carbons (Fsp3) is 0.391. The van der Waals surface area contributed by atoms with Gasteiger partial charge in [-0.3, -0.25) is 4.72 Å². The molecule has 0 saturated heterocycles. The van der Waals surface area contributed by atoms with Crippen LogP contribution in [0.3, 0.4) is 0 Å². The van der Waals surface area contributed by atoms with Gasteiger partial charge in [-0.2, -0.15) is 0 Å². The molecule has 1 aromatic carbocycles. The van der Waals surface area contributed by atoms with Gasteiger partial charge in [-0.25, -0.2) is 18.4 Å². The minimum atomic E-state index is -3.48. The number of allylic oxidation sites excluding steroid dienone is 3. The zero-order valence-electron chi connectivity index (χ0n) is 19.6. The van der Waals surface area contributed by atoms with Gasteiger partial charge >= 0.3 is 0 Å². The monoisotopic (exact) mass is 510 g/mol. The van der Waals surface area contributed by atoms with E-state index in [1.807, 2.05) is 46.8 Å². The van der Waals surface area contributed by atoms with Crippen LogP contribution in [0, 0.1) is 0 Å².